The summed E-state index contributed by atoms with van der Waals surface area (Å²) >= 11 is 0. The number of hydrogen-bond acceptors (Lipinski definition) is 5. The summed E-state index contributed by atoms with van der Waals surface area (Å²) in [6.07, 6.45) is 1.42. The Bertz CT molecular complexity index is 591. The molecule has 27 heavy (non-hydrogen) atoms. The summed E-state index contributed by atoms with van der Waals surface area (Å²) < 4.78 is 0. The zero-order valence-electron chi connectivity index (χ0n) is 17.9. The maximum Gasteiger partial charge on any atom is 1.00 e. The molecule has 0 aromatic heterocycles. The van der Waals surface area contributed by atoms with Gasteiger partial charge < -0.3 is 10.2 Å². The van der Waals surface area contributed by atoms with Crippen LogP contribution in [0.5, 0.6) is 0 Å². The molecular weight excluding hydrogens is 371 g/mol. The second kappa shape index (κ2) is 11.4. The number of carbonyl (C=O) groups is 3. The molecule has 2 atom stereocenters. The van der Waals surface area contributed by atoms with E-state index < -0.39 is 40.2 Å². The third kappa shape index (κ3) is 6.58. The number of hydrogen-bond donors (Lipinski definition) is 1. The second-order valence-electron chi connectivity index (χ2n) is 8.74. The van der Waals surface area contributed by atoms with Gasteiger partial charge in [0.15, 0.2) is 17.3 Å². The first-order valence-electron chi connectivity index (χ1n) is 9.67. The van der Waals surface area contributed by atoms with Crippen LogP contribution in [0.2, 0.25) is 0 Å². The SMILES string of the molecule is CC(C)CCC(=O)[C@@]1(O)C([O-])=C(C(=O)CC(C)C)C(=O)C1CCC(C)C.[K+]. The van der Waals surface area contributed by atoms with Crippen molar-refractivity contribution in [2.45, 2.75) is 79.2 Å². The van der Waals surface area contributed by atoms with Gasteiger partial charge in [-0.3, -0.25) is 14.4 Å². The van der Waals surface area contributed by atoms with E-state index in [1.807, 2.05) is 41.5 Å². The predicted molar refractivity (Wildman–Crippen MR) is 98.1 cm³/mol. The van der Waals surface area contributed by atoms with Crippen LogP contribution in [0.3, 0.4) is 0 Å². The standard InChI is InChI=1S/C21H34O5.K/c1-12(2)7-9-15-19(24)18(16(22)11-14(5)6)20(25)21(15,26)17(23)10-8-13(3)4;/h12-15,25-26H,7-11H2,1-6H3;/q;+1/p-1/t15?,21-;/m1./s1. The fraction of sp³-hybridized carbons (Fsp3) is 0.762. The van der Waals surface area contributed by atoms with Gasteiger partial charge in [0.1, 0.15) is 5.60 Å². The van der Waals surface area contributed by atoms with Gasteiger partial charge in [-0.05, 0) is 30.6 Å². The first kappa shape index (κ1) is 27.1. The van der Waals surface area contributed by atoms with E-state index in [-0.39, 0.29) is 88.4 Å². The van der Waals surface area contributed by atoms with E-state index in [9.17, 15) is 24.6 Å². The van der Waals surface area contributed by atoms with Crippen LogP contribution in [0.25, 0.3) is 0 Å². The fourth-order valence-corrected chi connectivity index (χ4v) is 3.33. The molecular formula is C21H33KO5. The third-order valence-electron chi connectivity index (χ3n) is 4.92. The number of Topliss-reactive ketones (excluding diaryl/α,β-unsaturated/α-hetero) is 3. The van der Waals surface area contributed by atoms with Crippen LogP contribution in [0, 0.1) is 23.7 Å². The molecule has 0 aromatic carbocycles. The van der Waals surface area contributed by atoms with Crippen LogP contribution in [-0.4, -0.2) is 28.1 Å². The number of allylic oxidation sites excluding steroid dienone is 1. The predicted octanol–water partition coefficient (Wildman–Crippen LogP) is -0.408. The Morgan fingerprint density at radius 1 is 1.04 bits per heavy atom. The van der Waals surface area contributed by atoms with Crippen molar-refractivity contribution in [2.75, 3.05) is 0 Å². The summed E-state index contributed by atoms with van der Waals surface area (Å²) in [6.45, 7) is 11.5. The summed E-state index contributed by atoms with van der Waals surface area (Å²) in [4.78, 5) is 38.0. The summed E-state index contributed by atoms with van der Waals surface area (Å²) in [7, 11) is 0. The molecule has 0 fully saturated rings. The Labute approximate surface area is 205 Å². The zero-order valence-corrected chi connectivity index (χ0v) is 21.0. The van der Waals surface area contributed by atoms with Crippen molar-refractivity contribution in [3.63, 3.8) is 0 Å². The van der Waals surface area contributed by atoms with Crippen LogP contribution in [0.4, 0.5) is 0 Å². The van der Waals surface area contributed by atoms with E-state index in [4.69, 9.17) is 0 Å². The molecule has 1 aliphatic rings. The van der Waals surface area contributed by atoms with Crippen molar-refractivity contribution in [1.29, 1.82) is 0 Å². The minimum Gasteiger partial charge on any atom is -0.873 e. The first-order valence-corrected chi connectivity index (χ1v) is 9.67. The molecule has 0 aliphatic heterocycles. The molecule has 1 rings (SSSR count). The van der Waals surface area contributed by atoms with Gasteiger partial charge in [-0.2, -0.15) is 0 Å². The van der Waals surface area contributed by atoms with Crippen molar-refractivity contribution in [2.24, 2.45) is 23.7 Å². The fourth-order valence-electron chi connectivity index (χ4n) is 3.33. The Morgan fingerprint density at radius 3 is 2.00 bits per heavy atom. The maximum atomic E-state index is 12.9. The van der Waals surface area contributed by atoms with Gasteiger partial charge in [0.05, 0.1) is 11.5 Å². The van der Waals surface area contributed by atoms with Crippen LogP contribution in [0.1, 0.15) is 73.6 Å². The zero-order chi connectivity index (χ0) is 20.2. The third-order valence-corrected chi connectivity index (χ3v) is 4.92. The van der Waals surface area contributed by atoms with Gasteiger partial charge >= 0.3 is 51.4 Å². The monoisotopic (exact) mass is 404 g/mol. The van der Waals surface area contributed by atoms with Crippen molar-refractivity contribution in [3.05, 3.63) is 11.3 Å². The molecule has 1 aliphatic carbocycles. The Kier molecular flexibility index (Phi) is 11.4. The van der Waals surface area contributed by atoms with Crippen LogP contribution >= 0.6 is 0 Å². The van der Waals surface area contributed by atoms with Crippen molar-refractivity contribution in [1.82, 2.24) is 0 Å². The minimum absolute atomic E-state index is 0. The number of ketones is 3. The van der Waals surface area contributed by atoms with E-state index >= 15 is 0 Å². The molecule has 0 amide bonds. The molecule has 0 aromatic rings. The summed E-state index contributed by atoms with van der Waals surface area (Å²) in [5.41, 5.74) is -2.85. The Hall–Kier alpha value is 0.146. The molecule has 0 saturated heterocycles. The molecule has 0 spiro atoms. The van der Waals surface area contributed by atoms with Gasteiger partial charge in [0.2, 0.25) is 0 Å². The summed E-state index contributed by atoms with van der Waals surface area (Å²) in [6, 6.07) is 0. The maximum absolute atomic E-state index is 12.9. The topological polar surface area (TPSA) is 94.5 Å². The van der Waals surface area contributed by atoms with E-state index in [0.29, 0.717) is 12.8 Å². The molecule has 0 bridgehead atoms. The van der Waals surface area contributed by atoms with E-state index in [1.54, 1.807) is 0 Å². The van der Waals surface area contributed by atoms with Gasteiger partial charge in [-0.1, -0.05) is 53.7 Å². The van der Waals surface area contributed by atoms with Crippen molar-refractivity contribution >= 4 is 17.3 Å². The second-order valence-corrected chi connectivity index (χ2v) is 8.74. The van der Waals surface area contributed by atoms with Crippen LogP contribution in [-0.2, 0) is 14.4 Å². The Balaban J connectivity index is 0.00000676. The van der Waals surface area contributed by atoms with E-state index in [2.05, 4.69) is 0 Å². The molecule has 0 heterocycles. The van der Waals surface area contributed by atoms with Crippen LogP contribution < -0.4 is 56.5 Å². The molecule has 0 saturated carbocycles. The van der Waals surface area contributed by atoms with Crippen LogP contribution in [0.15, 0.2) is 11.3 Å². The molecule has 0 radical (unpaired) electrons. The van der Waals surface area contributed by atoms with E-state index in [1.165, 1.54) is 0 Å². The molecule has 1 unspecified atom stereocenters. The van der Waals surface area contributed by atoms with Gasteiger partial charge in [0, 0.05) is 12.8 Å². The van der Waals surface area contributed by atoms with Gasteiger partial charge in [0.25, 0.3) is 0 Å². The smallest absolute Gasteiger partial charge is 0.873 e. The normalized spacial score (nSPS) is 22.7. The molecule has 5 nitrogen and oxygen atoms in total. The summed E-state index contributed by atoms with van der Waals surface area (Å²) in [5.74, 6) is -3.49. The van der Waals surface area contributed by atoms with Crippen molar-refractivity contribution < 1.29 is 76.0 Å². The first-order chi connectivity index (χ1) is 11.9. The quantitative estimate of drug-likeness (QED) is 0.395. The minimum atomic E-state index is -2.37. The molecule has 148 valence electrons. The number of aliphatic hydroxyl groups is 1. The Morgan fingerprint density at radius 2 is 1.56 bits per heavy atom. The number of rotatable bonds is 10. The van der Waals surface area contributed by atoms with Gasteiger partial charge in [-0.15, -0.1) is 0 Å². The van der Waals surface area contributed by atoms with Crippen molar-refractivity contribution in [3.8, 4) is 0 Å². The average Bonchev–Trinajstić information content (AvgIpc) is 2.69. The number of carbonyl (C=O) groups excluding carboxylic acids is 3. The summed E-state index contributed by atoms with van der Waals surface area (Å²) in [5, 5.41) is 23.9. The molecule has 6 heteroatoms. The van der Waals surface area contributed by atoms with Gasteiger partial charge in [-0.25, -0.2) is 0 Å². The van der Waals surface area contributed by atoms with E-state index in [0.717, 1.165) is 0 Å². The largest absolute Gasteiger partial charge is 1.00 e. The average molecular weight is 405 g/mol. The molecule has 1 N–H and O–H groups in total.